The van der Waals surface area contributed by atoms with E-state index in [0.29, 0.717) is 23.2 Å². The van der Waals surface area contributed by atoms with Crippen molar-refractivity contribution < 1.29 is 9.47 Å². The summed E-state index contributed by atoms with van der Waals surface area (Å²) < 4.78 is 11.0. The predicted octanol–water partition coefficient (Wildman–Crippen LogP) is 3.70. The normalized spacial score (nSPS) is 10.4. The third kappa shape index (κ3) is 4.43. The van der Waals surface area contributed by atoms with Gasteiger partial charge in [-0.2, -0.15) is 0 Å². The summed E-state index contributed by atoms with van der Waals surface area (Å²) in [5.41, 5.74) is 8.42. The number of hydrogen-bond acceptors (Lipinski definition) is 3. The Kier molecular flexibility index (Phi) is 5.56. The summed E-state index contributed by atoms with van der Waals surface area (Å²) >= 11 is 10.8. The molecule has 0 aliphatic heterocycles. The quantitative estimate of drug-likeness (QED) is 0.824. The first kappa shape index (κ1) is 15.8. The molecule has 2 aromatic rings. The molecule has 2 rings (SSSR count). The van der Waals surface area contributed by atoms with Crippen LogP contribution in [0.5, 0.6) is 5.75 Å². The lowest BCUT2D eigenvalue weighted by atomic mass is 10.1. The maximum atomic E-state index is 5.85. The molecule has 0 aliphatic carbocycles. The molecule has 0 unspecified atom stereocenters. The Morgan fingerprint density at radius 2 is 1.86 bits per heavy atom. The van der Waals surface area contributed by atoms with Crippen LogP contribution in [0.1, 0.15) is 16.7 Å². The highest BCUT2D eigenvalue weighted by atomic mass is 35.5. The molecule has 0 fully saturated rings. The molecular formula is C16H16ClNO2S. The second-order valence-corrected chi connectivity index (χ2v) is 5.39. The Hall–Kier alpha value is -1.62. The van der Waals surface area contributed by atoms with E-state index in [0.717, 1.165) is 22.4 Å². The second-order valence-electron chi connectivity index (χ2n) is 4.51. The standard InChI is InChI=1S/C16H16ClNO2S/c1-19-15-7-4-12(16(18)21)8-13(15)10-20-9-11-2-5-14(17)6-3-11/h2-8H,9-10H2,1H3,(H2,18,21). The average Bonchev–Trinajstić information content (AvgIpc) is 2.49. The first-order valence-corrected chi connectivity index (χ1v) is 7.17. The first-order chi connectivity index (χ1) is 10.1. The lowest BCUT2D eigenvalue weighted by Gasteiger charge is -2.11. The van der Waals surface area contributed by atoms with Gasteiger partial charge in [0.05, 0.1) is 20.3 Å². The molecule has 2 aromatic carbocycles. The summed E-state index contributed by atoms with van der Waals surface area (Å²) in [7, 11) is 1.62. The molecule has 2 N–H and O–H groups in total. The number of nitrogens with two attached hydrogens (primary N) is 1. The van der Waals surface area contributed by atoms with E-state index < -0.39 is 0 Å². The van der Waals surface area contributed by atoms with Crippen LogP contribution in [0.3, 0.4) is 0 Å². The molecular weight excluding hydrogens is 306 g/mol. The highest BCUT2D eigenvalue weighted by Crippen LogP contribution is 2.21. The van der Waals surface area contributed by atoms with Crippen molar-refractivity contribution in [1.29, 1.82) is 0 Å². The topological polar surface area (TPSA) is 44.5 Å². The number of methoxy groups -OCH3 is 1. The van der Waals surface area contributed by atoms with E-state index in [4.69, 9.17) is 39.0 Å². The number of ether oxygens (including phenoxy) is 2. The van der Waals surface area contributed by atoms with Gasteiger partial charge in [-0.3, -0.25) is 0 Å². The van der Waals surface area contributed by atoms with Crippen LogP contribution < -0.4 is 10.5 Å². The molecule has 0 saturated heterocycles. The predicted molar refractivity (Wildman–Crippen MR) is 88.8 cm³/mol. The van der Waals surface area contributed by atoms with Gasteiger partial charge in [0.2, 0.25) is 0 Å². The molecule has 110 valence electrons. The van der Waals surface area contributed by atoms with E-state index in [1.165, 1.54) is 0 Å². The first-order valence-electron chi connectivity index (χ1n) is 6.39. The summed E-state index contributed by atoms with van der Waals surface area (Å²) in [5.74, 6) is 0.756. The maximum Gasteiger partial charge on any atom is 0.124 e. The van der Waals surface area contributed by atoms with Crippen molar-refractivity contribution in [2.24, 2.45) is 5.73 Å². The smallest absolute Gasteiger partial charge is 0.124 e. The lowest BCUT2D eigenvalue weighted by Crippen LogP contribution is -2.10. The van der Waals surface area contributed by atoms with Crippen molar-refractivity contribution in [1.82, 2.24) is 0 Å². The van der Waals surface area contributed by atoms with Crippen molar-refractivity contribution in [2.75, 3.05) is 7.11 Å². The van der Waals surface area contributed by atoms with Gasteiger partial charge in [0.15, 0.2) is 0 Å². The highest BCUT2D eigenvalue weighted by Gasteiger charge is 2.06. The Balaban J connectivity index is 2.03. The fourth-order valence-electron chi connectivity index (χ4n) is 1.90. The molecule has 3 nitrogen and oxygen atoms in total. The van der Waals surface area contributed by atoms with Gasteiger partial charge >= 0.3 is 0 Å². The second kappa shape index (κ2) is 7.41. The summed E-state index contributed by atoms with van der Waals surface area (Å²) in [6.45, 7) is 0.917. The van der Waals surface area contributed by atoms with Gasteiger partial charge < -0.3 is 15.2 Å². The Labute approximate surface area is 134 Å². The van der Waals surface area contributed by atoms with Gasteiger partial charge in [-0.05, 0) is 35.9 Å². The number of rotatable bonds is 6. The summed E-state index contributed by atoms with van der Waals surface area (Å²) in [6.07, 6.45) is 0. The van der Waals surface area contributed by atoms with E-state index >= 15 is 0 Å². The number of benzene rings is 2. The Morgan fingerprint density at radius 1 is 1.14 bits per heavy atom. The molecule has 0 saturated carbocycles. The van der Waals surface area contributed by atoms with Crippen LogP contribution in [-0.4, -0.2) is 12.1 Å². The molecule has 0 heterocycles. The van der Waals surface area contributed by atoms with Crippen molar-refractivity contribution in [3.05, 3.63) is 64.2 Å². The van der Waals surface area contributed by atoms with Crippen molar-refractivity contribution >= 4 is 28.8 Å². The average molecular weight is 322 g/mol. The zero-order chi connectivity index (χ0) is 15.2. The van der Waals surface area contributed by atoms with Crippen LogP contribution in [-0.2, 0) is 18.0 Å². The largest absolute Gasteiger partial charge is 0.496 e. The molecule has 21 heavy (non-hydrogen) atoms. The maximum absolute atomic E-state index is 5.85. The van der Waals surface area contributed by atoms with Gasteiger partial charge in [-0.25, -0.2) is 0 Å². The molecule has 0 bridgehead atoms. The molecule has 0 amide bonds. The van der Waals surface area contributed by atoms with Crippen LogP contribution in [0.4, 0.5) is 0 Å². The van der Waals surface area contributed by atoms with Gasteiger partial charge in [0.25, 0.3) is 0 Å². The van der Waals surface area contributed by atoms with Crippen LogP contribution in [0.2, 0.25) is 5.02 Å². The SMILES string of the molecule is COc1ccc(C(N)=S)cc1COCc1ccc(Cl)cc1. The third-order valence-corrected chi connectivity index (χ3v) is 3.49. The van der Waals surface area contributed by atoms with Crippen LogP contribution in [0.25, 0.3) is 0 Å². The zero-order valence-electron chi connectivity index (χ0n) is 11.6. The number of hydrogen-bond donors (Lipinski definition) is 1. The van der Waals surface area contributed by atoms with Crippen LogP contribution in [0.15, 0.2) is 42.5 Å². The molecule has 0 radical (unpaired) electrons. The van der Waals surface area contributed by atoms with E-state index in [-0.39, 0.29) is 0 Å². The Morgan fingerprint density at radius 3 is 2.48 bits per heavy atom. The van der Waals surface area contributed by atoms with Crippen molar-refractivity contribution in [3.8, 4) is 5.75 Å². The molecule has 5 heteroatoms. The van der Waals surface area contributed by atoms with Crippen molar-refractivity contribution in [2.45, 2.75) is 13.2 Å². The minimum absolute atomic E-state index is 0.358. The van der Waals surface area contributed by atoms with Gasteiger partial charge in [0.1, 0.15) is 10.7 Å². The van der Waals surface area contributed by atoms with Crippen LogP contribution >= 0.6 is 23.8 Å². The summed E-state index contributed by atoms with van der Waals surface area (Å²) in [5, 5.41) is 0.713. The zero-order valence-corrected chi connectivity index (χ0v) is 13.2. The fourth-order valence-corrected chi connectivity index (χ4v) is 2.16. The van der Waals surface area contributed by atoms with Gasteiger partial charge in [-0.15, -0.1) is 0 Å². The lowest BCUT2D eigenvalue weighted by molar-refractivity contribution is 0.105. The van der Waals surface area contributed by atoms with Gasteiger partial charge in [-0.1, -0.05) is 36.0 Å². The molecule has 0 spiro atoms. The summed E-state index contributed by atoms with van der Waals surface area (Å²) in [6, 6.07) is 13.1. The molecule has 0 aliphatic rings. The van der Waals surface area contributed by atoms with E-state index in [1.54, 1.807) is 7.11 Å². The summed E-state index contributed by atoms with van der Waals surface area (Å²) in [4.78, 5) is 0.358. The monoisotopic (exact) mass is 321 g/mol. The Bertz CT molecular complexity index is 629. The molecule has 0 atom stereocenters. The fraction of sp³-hybridized carbons (Fsp3) is 0.188. The van der Waals surface area contributed by atoms with E-state index in [2.05, 4.69) is 0 Å². The minimum atomic E-state index is 0.358. The van der Waals surface area contributed by atoms with Gasteiger partial charge in [0, 0.05) is 16.1 Å². The van der Waals surface area contributed by atoms with E-state index in [1.807, 2.05) is 42.5 Å². The third-order valence-electron chi connectivity index (χ3n) is 3.00. The van der Waals surface area contributed by atoms with Crippen molar-refractivity contribution in [3.63, 3.8) is 0 Å². The molecule has 0 aromatic heterocycles. The number of halogens is 1. The minimum Gasteiger partial charge on any atom is -0.496 e. The highest BCUT2D eigenvalue weighted by molar-refractivity contribution is 7.80. The number of thiocarbonyl (C=S) groups is 1. The van der Waals surface area contributed by atoms with Crippen LogP contribution in [0, 0.1) is 0 Å². The van der Waals surface area contributed by atoms with E-state index in [9.17, 15) is 0 Å².